The Morgan fingerprint density at radius 3 is 2.70 bits per heavy atom. The van der Waals surface area contributed by atoms with E-state index in [-0.39, 0.29) is 5.91 Å². The molecule has 0 aliphatic rings. The number of hydrogen-bond acceptors (Lipinski definition) is 2. The number of carbonyl (C=O) groups excluding carboxylic acids is 1. The highest BCUT2D eigenvalue weighted by atomic mass is 79.9. The smallest absolute Gasteiger partial charge is 0.255 e. The number of carbonyl (C=O) groups is 1. The SMILES string of the molecule is Cc1ccc(C)c(C(=O)Nc2ccccc2-n2cc(Br)cn2)c1. The van der Waals surface area contributed by atoms with E-state index in [1.165, 1.54) is 0 Å². The molecule has 0 bridgehead atoms. The maximum Gasteiger partial charge on any atom is 0.255 e. The van der Waals surface area contributed by atoms with Gasteiger partial charge in [0.15, 0.2) is 0 Å². The van der Waals surface area contributed by atoms with E-state index in [9.17, 15) is 4.79 Å². The molecule has 0 fully saturated rings. The van der Waals surface area contributed by atoms with E-state index in [0.29, 0.717) is 11.3 Å². The van der Waals surface area contributed by atoms with Gasteiger partial charge in [0.2, 0.25) is 0 Å². The molecule has 23 heavy (non-hydrogen) atoms. The second kappa shape index (κ2) is 6.38. The Kier molecular flexibility index (Phi) is 4.30. The van der Waals surface area contributed by atoms with E-state index in [4.69, 9.17) is 0 Å². The quantitative estimate of drug-likeness (QED) is 0.738. The first-order valence-electron chi connectivity index (χ1n) is 7.23. The summed E-state index contributed by atoms with van der Waals surface area (Å²) in [6.45, 7) is 3.91. The van der Waals surface area contributed by atoms with Crippen LogP contribution < -0.4 is 5.32 Å². The Hall–Kier alpha value is -2.40. The number of amides is 1. The average molecular weight is 370 g/mol. The van der Waals surface area contributed by atoms with Crippen molar-refractivity contribution in [2.24, 2.45) is 0 Å². The van der Waals surface area contributed by atoms with Gasteiger partial charge in [0.1, 0.15) is 0 Å². The van der Waals surface area contributed by atoms with E-state index in [2.05, 4.69) is 26.3 Å². The lowest BCUT2D eigenvalue weighted by Gasteiger charge is -2.12. The molecule has 0 atom stereocenters. The Labute approximate surface area is 143 Å². The van der Waals surface area contributed by atoms with Crippen molar-refractivity contribution in [1.29, 1.82) is 0 Å². The number of para-hydroxylation sites is 2. The third kappa shape index (κ3) is 3.35. The summed E-state index contributed by atoms with van der Waals surface area (Å²) in [4.78, 5) is 12.6. The molecule has 5 heteroatoms. The summed E-state index contributed by atoms with van der Waals surface area (Å²) < 4.78 is 2.61. The highest BCUT2D eigenvalue weighted by Gasteiger charge is 2.13. The number of nitrogens with one attached hydrogen (secondary N) is 1. The van der Waals surface area contributed by atoms with Gasteiger partial charge in [-0.2, -0.15) is 5.10 Å². The fourth-order valence-corrected chi connectivity index (χ4v) is 2.67. The van der Waals surface area contributed by atoms with Gasteiger partial charge in [-0.05, 0) is 53.5 Å². The van der Waals surface area contributed by atoms with Crippen LogP contribution in [0.25, 0.3) is 5.69 Å². The van der Waals surface area contributed by atoms with Gasteiger partial charge in [-0.1, -0.05) is 29.8 Å². The second-order valence-electron chi connectivity index (χ2n) is 5.39. The average Bonchev–Trinajstić information content (AvgIpc) is 2.96. The Morgan fingerprint density at radius 2 is 1.96 bits per heavy atom. The van der Waals surface area contributed by atoms with Crippen molar-refractivity contribution in [3.05, 3.63) is 76.0 Å². The number of nitrogens with zero attached hydrogens (tertiary/aromatic N) is 2. The highest BCUT2D eigenvalue weighted by Crippen LogP contribution is 2.22. The van der Waals surface area contributed by atoms with Crippen LogP contribution in [0.4, 0.5) is 5.69 Å². The van der Waals surface area contributed by atoms with Crippen LogP contribution in [0.1, 0.15) is 21.5 Å². The molecule has 116 valence electrons. The molecule has 4 nitrogen and oxygen atoms in total. The lowest BCUT2D eigenvalue weighted by Crippen LogP contribution is -2.15. The summed E-state index contributed by atoms with van der Waals surface area (Å²) in [5.74, 6) is -0.120. The minimum Gasteiger partial charge on any atom is -0.320 e. The van der Waals surface area contributed by atoms with E-state index in [1.807, 2.05) is 62.5 Å². The van der Waals surface area contributed by atoms with Crippen LogP contribution in [0.2, 0.25) is 0 Å². The summed E-state index contributed by atoms with van der Waals surface area (Å²) >= 11 is 3.39. The molecular weight excluding hydrogens is 354 g/mol. The molecule has 0 radical (unpaired) electrons. The van der Waals surface area contributed by atoms with Crippen molar-refractivity contribution >= 4 is 27.5 Å². The Balaban J connectivity index is 1.94. The lowest BCUT2D eigenvalue weighted by molar-refractivity contribution is 0.102. The van der Waals surface area contributed by atoms with Gasteiger partial charge in [-0.15, -0.1) is 0 Å². The van der Waals surface area contributed by atoms with Gasteiger partial charge >= 0.3 is 0 Å². The predicted octanol–water partition coefficient (Wildman–Crippen LogP) is 4.50. The number of anilines is 1. The molecule has 1 heterocycles. The minimum atomic E-state index is -0.120. The van der Waals surface area contributed by atoms with Gasteiger partial charge in [0.05, 0.1) is 22.0 Å². The number of aryl methyl sites for hydroxylation is 2. The van der Waals surface area contributed by atoms with Crippen LogP contribution in [0, 0.1) is 13.8 Å². The van der Waals surface area contributed by atoms with Crippen LogP contribution in [0.15, 0.2) is 59.3 Å². The standard InChI is InChI=1S/C18H16BrN3O/c1-12-7-8-13(2)15(9-12)18(23)21-16-5-3-4-6-17(16)22-11-14(19)10-20-22/h3-11H,1-2H3,(H,21,23). The first-order chi connectivity index (χ1) is 11.0. The molecule has 0 aliphatic heterocycles. The monoisotopic (exact) mass is 369 g/mol. The third-order valence-corrected chi connectivity index (χ3v) is 4.00. The lowest BCUT2D eigenvalue weighted by atomic mass is 10.0. The molecule has 1 N–H and O–H groups in total. The number of halogens is 1. The van der Waals surface area contributed by atoms with Gasteiger partial charge in [-0.3, -0.25) is 4.79 Å². The van der Waals surface area contributed by atoms with Gasteiger partial charge in [0.25, 0.3) is 5.91 Å². The topological polar surface area (TPSA) is 46.9 Å². The molecule has 0 saturated heterocycles. The first-order valence-corrected chi connectivity index (χ1v) is 8.02. The molecule has 0 aliphatic carbocycles. The minimum absolute atomic E-state index is 0.120. The summed E-state index contributed by atoms with van der Waals surface area (Å²) in [7, 11) is 0. The van der Waals surface area contributed by atoms with E-state index in [0.717, 1.165) is 21.3 Å². The van der Waals surface area contributed by atoms with E-state index < -0.39 is 0 Å². The van der Waals surface area contributed by atoms with Crippen LogP contribution in [-0.2, 0) is 0 Å². The van der Waals surface area contributed by atoms with Crippen molar-refractivity contribution in [2.75, 3.05) is 5.32 Å². The Morgan fingerprint density at radius 1 is 1.17 bits per heavy atom. The molecule has 0 unspecified atom stereocenters. The Bertz CT molecular complexity index is 870. The van der Waals surface area contributed by atoms with Crippen LogP contribution >= 0.6 is 15.9 Å². The number of benzene rings is 2. The zero-order valence-electron chi connectivity index (χ0n) is 12.9. The number of hydrogen-bond donors (Lipinski definition) is 1. The van der Waals surface area contributed by atoms with Gasteiger partial charge < -0.3 is 5.32 Å². The molecule has 1 aromatic heterocycles. The summed E-state index contributed by atoms with van der Waals surface area (Å²) in [6.07, 6.45) is 3.56. The van der Waals surface area contributed by atoms with Crippen molar-refractivity contribution in [3.63, 3.8) is 0 Å². The van der Waals surface area contributed by atoms with Crippen LogP contribution in [-0.4, -0.2) is 15.7 Å². The van der Waals surface area contributed by atoms with Crippen LogP contribution in [0.3, 0.4) is 0 Å². The molecule has 2 aromatic carbocycles. The third-order valence-electron chi connectivity index (χ3n) is 3.59. The summed E-state index contributed by atoms with van der Waals surface area (Å²) in [6, 6.07) is 13.4. The van der Waals surface area contributed by atoms with Crippen LogP contribution in [0.5, 0.6) is 0 Å². The van der Waals surface area contributed by atoms with Crippen molar-refractivity contribution in [3.8, 4) is 5.69 Å². The normalized spacial score (nSPS) is 10.6. The maximum atomic E-state index is 12.6. The molecule has 3 rings (SSSR count). The first kappa shape index (κ1) is 15.5. The van der Waals surface area contributed by atoms with Gasteiger partial charge in [-0.25, -0.2) is 4.68 Å². The van der Waals surface area contributed by atoms with E-state index >= 15 is 0 Å². The fraction of sp³-hybridized carbons (Fsp3) is 0.111. The predicted molar refractivity (Wildman–Crippen MR) is 95.1 cm³/mol. The highest BCUT2D eigenvalue weighted by molar-refractivity contribution is 9.10. The number of aromatic nitrogens is 2. The van der Waals surface area contributed by atoms with Crippen molar-refractivity contribution in [1.82, 2.24) is 9.78 Å². The number of rotatable bonds is 3. The second-order valence-corrected chi connectivity index (χ2v) is 6.31. The fourth-order valence-electron chi connectivity index (χ4n) is 2.38. The molecule has 3 aromatic rings. The molecule has 0 spiro atoms. The molecule has 0 saturated carbocycles. The van der Waals surface area contributed by atoms with Crippen molar-refractivity contribution in [2.45, 2.75) is 13.8 Å². The zero-order valence-corrected chi connectivity index (χ0v) is 14.5. The van der Waals surface area contributed by atoms with E-state index in [1.54, 1.807) is 10.9 Å². The summed E-state index contributed by atoms with van der Waals surface area (Å²) in [5.41, 5.74) is 4.23. The van der Waals surface area contributed by atoms with Crippen molar-refractivity contribution < 1.29 is 4.79 Å². The molecule has 1 amide bonds. The largest absolute Gasteiger partial charge is 0.320 e. The maximum absolute atomic E-state index is 12.6. The molecular formula is C18H16BrN3O. The summed E-state index contributed by atoms with van der Waals surface area (Å²) in [5, 5.41) is 7.26. The van der Waals surface area contributed by atoms with Gasteiger partial charge in [0, 0.05) is 11.8 Å². The zero-order chi connectivity index (χ0) is 16.4.